The third kappa shape index (κ3) is 3.31. The van der Waals surface area contributed by atoms with Gasteiger partial charge in [-0.2, -0.15) is 13.2 Å². The Morgan fingerprint density at radius 3 is 2.57 bits per heavy atom. The van der Waals surface area contributed by atoms with Crippen LogP contribution in [-0.2, 0) is 6.18 Å². The lowest BCUT2D eigenvalue weighted by Crippen LogP contribution is -2.17. The van der Waals surface area contributed by atoms with Gasteiger partial charge >= 0.3 is 6.18 Å². The number of rotatable bonds is 3. The van der Waals surface area contributed by atoms with Crippen molar-refractivity contribution in [1.29, 1.82) is 0 Å². The lowest BCUT2D eigenvalue weighted by molar-refractivity contribution is -0.136. The molecule has 1 N–H and O–H groups in total. The molecule has 0 unspecified atom stereocenters. The molecule has 0 atom stereocenters. The maximum Gasteiger partial charge on any atom is 0.418 e. The highest BCUT2D eigenvalue weighted by Gasteiger charge is 2.33. The predicted octanol–water partition coefficient (Wildman–Crippen LogP) is 3.36. The van der Waals surface area contributed by atoms with Gasteiger partial charge in [0, 0.05) is 6.20 Å². The van der Waals surface area contributed by atoms with Crippen molar-refractivity contribution in [2.75, 3.05) is 12.4 Å². The van der Waals surface area contributed by atoms with Crippen LogP contribution in [0, 0.1) is 0 Å². The summed E-state index contributed by atoms with van der Waals surface area (Å²) >= 11 is 0. The summed E-state index contributed by atoms with van der Waals surface area (Å²) in [6.07, 6.45) is -3.14. The molecule has 1 aromatic heterocycles. The first kappa shape index (κ1) is 14.8. The number of nitrogens with zero attached hydrogens (tertiary/aromatic N) is 1. The van der Waals surface area contributed by atoms with Gasteiger partial charge in [0.15, 0.2) is 0 Å². The monoisotopic (exact) mass is 296 g/mol. The number of anilines is 1. The Labute approximate surface area is 118 Å². The number of hydrogen-bond donors (Lipinski definition) is 1. The molecule has 110 valence electrons. The van der Waals surface area contributed by atoms with Crippen LogP contribution in [0.1, 0.15) is 15.9 Å². The number of benzene rings is 1. The van der Waals surface area contributed by atoms with E-state index in [4.69, 9.17) is 4.74 Å². The molecule has 21 heavy (non-hydrogen) atoms. The van der Waals surface area contributed by atoms with E-state index in [2.05, 4.69) is 10.3 Å². The molecule has 0 saturated heterocycles. The number of amides is 1. The second-order valence-corrected chi connectivity index (χ2v) is 4.06. The van der Waals surface area contributed by atoms with Gasteiger partial charge < -0.3 is 10.1 Å². The summed E-state index contributed by atoms with van der Waals surface area (Å²) in [6, 6.07) is 7.65. The summed E-state index contributed by atoms with van der Waals surface area (Å²) in [5.74, 6) is -0.684. The number of pyridine rings is 1. The number of halogens is 3. The molecule has 0 aliphatic rings. The number of carbonyl (C=O) groups is 1. The minimum absolute atomic E-state index is 0.0412. The standard InChI is InChI=1S/C14H11F3N2O2/c1-21-13-9(5-4-8-18-13)12(20)19-11-7-3-2-6-10(11)14(15,16)17/h2-8H,1H3,(H,19,20). The summed E-state index contributed by atoms with van der Waals surface area (Å²) in [5, 5.41) is 2.23. The zero-order valence-electron chi connectivity index (χ0n) is 10.9. The van der Waals surface area contributed by atoms with Crippen LogP contribution in [0.2, 0.25) is 0 Å². The molecule has 0 spiro atoms. The van der Waals surface area contributed by atoms with Crippen molar-refractivity contribution in [3.63, 3.8) is 0 Å². The van der Waals surface area contributed by atoms with E-state index in [-0.39, 0.29) is 17.1 Å². The number of methoxy groups -OCH3 is 1. The first-order valence-corrected chi connectivity index (χ1v) is 5.90. The average molecular weight is 296 g/mol. The van der Waals surface area contributed by atoms with Crippen LogP contribution >= 0.6 is 0 Å². The first-order valence-electron chi connectivity index (χ1n) is 5.90. The molecule has 2 rings (SSSR count). The maximum absolute atomic E-state index is 12.9. The largest absolute Gasteiger partial charge is 0.480 e. The number of ether oxygens (including phenoxy) is 1. The molecule has 0 fully saturated rings. The van der Waals surface area contributed by atoms with Crippen LogP contribution in [0.15, 0.2) is 42.6 Å². The van der Waals surface area contributed by atoms with E-state index >= 15 is 0 Å². The summed E-state index contributed by atoms with van der Waals surface area (Å²) in [4.78, 5) is 15.9. The van der Waals surface area contributed by atoms with Crippen LogP contribution in [0.5, 0.6) is 5.88 Å². The van der Waals surface area contributed by atoms with E-state index in [0.29, 0.717) is 0 Å². The maximum atomic E-state index is 12.9. The van der Waals surface area contributed by atoms with Gasteiger partial charge in [0.25, 0.3) is 5.91 Å². The molecular formula is C14H11F3N2O2. The van der Waals surface area contributed by atoms with Crippen molar-refractivity contribution >= 4 is 11.6 Å². The van der Waals surface area contributed by atoms with Crippen LogP contribution in [-0.4, -0.2) is 18.0 Å². The topological polar surface area (TPSA) is 51.2 Å². The summed E-state index contributed by atoms with van der Waals surface area (Å²) in [5.41, 5.74) is -1.18. The molecule has 1 amide bonds. The predicted molar refractivity (Wildman–Crippen MR) is 70.2 cm³/mol. The smallest absolute Gasteiger partial charge is 0.418 e. The number of para-hydroxylation sites is 1. The lowest BCUT2D eigenvalue weighted by atomic mass is 10.1. The zero-order valence-corrected chi connectivity index (χ0v) is 10.9. The second-order valence-electron chi connectivity index (χ2n) is 4.06. The fourth-order valence-corrected chi connectivity index (χ4v) is 1.76. The van der Waals surface area contributed by atoms with Gasteiger partial charge in [0.1, 0.15) is 5.56 Å². The Morgan fingerprint density at radius 2 is 1.90 bits per heavy atom. The molecule has 1 aromatic carbocycles. The molecule has 0 aliphatic carbocycles. The van der Waals surface area contributed by atoms with Gasteiger partial charge in [0.05, 0.1) is 18.4 Å². The molecule has 0 saturated carbocycles. The highest BCUT2D eigenvalue weighted by atomic mass is 19.4. The molecule has 4 nitrogen and oxygen atoms in total. The number of nitrogens with one attached hydrogen (secondary N) is 1. The van der Waals surface area contributed by atoms with E-state index in [1.807, 2.05) is 0 Å². The molecule has 0 radical (unpaired) electrons. The Morgan fingerprint density at radius 1 is 1.19 bits per heavy atom. The van der Waals surface area contributed by atoms with Gasteiger partial charge in [-0.15, -0.1) is 0 Å². The van der Waals surface area contributed by atoms with Gasteiger partial charge in [-0.3, -0.25) is 4.79 Å². The minimum Gasteiger partial charge on any atom is -0.480 e. The van der Waals surface area contributed by atoms with Crippen molar-refractivity contribution in [1.82, 2.24) is 4.98 Å². The molecule has 0 aliphatic heterocycles. The van der Waals surface area contributed by atoms with E-state index < -0.39 is 17.6 Å². The van der Waals surface area contributed by atoms with Crippen molar-refractivity contribution in [2.45, 2.75) is 6.18 Å². The van der Waals surface area contributed by atoms with E-state index in [1.54, 1.807) is 0 Å². The Hall–Kier alpha value is -2.57. The molecule has 1 heterocycles. The zero-order chi connectivity index (χ0) is 15.5. The minimum atomic E-state index is -4.55. The van der Waals surface area contributed by atoms with Crippen LogP contribution in [0.4, 0.5) is 18.9 Å². The number of aromatic nitrogens is 1. The van der Waals surface area contributed by atoms with Gasteiger partial charge in [-0.1, -0.05) is 12.1 Å². The SMILES string of the molecule is COc1ncccc1C(=O)Nc1ccccc1C(F)(F)F. The van der Waals surface area contributed by atoms with Crippen LogP contribution < -0.4 is 10.1 Å². The summed E-state index contributed by atoms with van der Waals surface area (Å²) < 4.78 is 43.5. The second kappa shape index (κ2) is 5.82. The van der Waals surface area contributed by atoms with E-state index in [9.17, 15) is 18.0 Å². The number of carbonyl (C=O) groups excluding carboxylic acids is 1. The van der Waals surface area contributed by atoms with E-state index in [1.165, 1.54) is 43.6 Å². The van der Waals surface area contributed by atoms with Crippen molar-refractivity contribution in [3.05, 3.63) is 53.7 Å². The van der Waals surface area contributed by atoms with Crippen LogP contribution in [0.3, 0.4) is 0 Å². The lowest BCUT2D eigenvalue weighted by Gasteiger charge is -2.14. The fraction of sp³-hybridized carbons (Fsp3) is 0.143. The van der Waals surface area contributed by atoms with Crippen molar-refractivity contribution in [3.8, 4) is 5.88 Å². The number of hydrogen-bond acceptors (Lipinski definition) is 3. The Balaban J connectivity index is 2.33. The highest BCUT2D eigenvalue weighted by Crippen LogP contribution is 2.34. The van der Waals surface area contributed by atoms with Gasteiger partial charge in [-0.05, 0) is 24.3 Å². The average Bonchev–Trinajstić information content (AvgIpc) is 2.46. The highest BCUT2D eigenvalue weighted by molar-refractivity contribution is 6.06. The van der Waals surface area contributed by atoms with Gasteiger partial charge in [0.2, 0.25) is 5.88 Å². The van der Waals surface area contributed by atoms with Gasteiger partial charge in [-0.25, -0.2) is 4.98 Å². The summed E-state index contributed by atoms with van der Waals surface area (Å²) in [7, 11) is 1.32. The molecule has 2 aromatic rings. The van der Waals surface area contributed by atoms with Crippen molar-refractivity contribution in [2.24, 2.45) is 0 Å². The third-order valence-electron chi connectivity index (χ3n) is 2.69. The summed E-state index contributed by atoms with van der Waals surface area (Å²) in [6.45, 7) is 0. The number of alkyl halides is 3. The molecular weight excluding hydrogens is 285 g/mol. The fourth-order valence-electron chi connectivity index (χ4n) is 1.76. The van der Waals surface area contributed by atoms with Crippen LogP contribution in [0.25, 0.3) is 0 Å². The third-order valence-corrected chi connectivity index (χ3v) is 2.69. The Bertz CT molecular complexity index is 657. The molecule has 0 bridgehead atoms. The molecule has 7 heteroatoms. The Kier molecular flexibility index (Phi) is 4.11. The van der Waals surface area contributed by atoms with Crippen molar-refractivity contribution < 1.29 is 22.7 Å². The normalized spacial score (nSPS) is 11.0. The quantitative estimate of drug-likeness (QED) is 0.945. The first-order chi connectivity index (χ1) is 9.93. The van der Waals surface area contributed by atoms with E-state index in [0.717, 1.165) is 6.07 Å².